The molecule has 0 radical (unpaired) electrons. The summed E-state index contributed by atoms with van der Waals surface area (Å²) in [6.45, 7) is 2.45. The van der Waals surface area contributed by atoms with Gasteiger partial charge < -0.3 is 10.0 Å². The van der Waals surface area contributed by atoms with Gasteiger partial charge in [-0.3, -0.25) is 4.90 Å². The number of thioether (sulfide) groups is 1. The molecule has 1 aliphatic heterocycles. The van der Waals surface area contributed by atoms with Gasteiger partial charge in [0.2, 0.25) is 0 Å². The summed E-state index contributed by atoms with van der Waals surface area (Å²) in [4.78, 5) is 27.0. The zero-order valence-corrected chi connectivity index (χ0v) is 13.0. The van der Waals surface area contributed by atoms with E-state index in [1.807, 2.05) is 37.3 Å². The average molecular weight is 308 g/mol. The zero-order chi connectivity index (χ0) is 15.4. The Kier molecular flexibility index (Phi) is 5.12. The molecule has 1 aromatic carbocycles. The van der Waals surface area contributed by atoms with Crippen LogP contribution in [-0.2, 0) is 11.3 Å². The maximum Gasteiger partial charge on any atom is 0.327 e. The van der Waals surface area contributed by atoms with Crippen LogP contribution in [0, 0.1) is 0 Å². The van der Waals surface area contributed by atoms with Crippen LogP contribution in [0.1, 0.15) is 18.9 Å². The van der Waals surface area contributed by atoms with Crippen molar-refractivity contribution in [2.24, 2.45) is 0 Å². The molecular weight excluding hydrogens is 288 g/mol. The number of aliphatic carboxylic acids is 1. The van der Waals surface area contributed by atoms with Crippen molar-refractivity contribution in [2.75, 3.05) is 12.8 Å². The van der Waals surface area contributed by atoms with Crippen molar-refractivity contribution in [1.29, 1.82) is 0 Å². The lowest BCUT2D eigenvalue weighted by Crippen LogP contribution is -2.50. The molecule has 0 bridgehead atoms. The number of nitrogens with zero attached hydrogens (tertiary/aromatic N) is 2. The van der Waals surface area contributed by atoms with E-state index in [1.165, 1.54) is 16.7 Å². The highest BCUT2D eigenvalue weighted by Gasteiger charge is 2.41. The Morgan fingerprint density at radius 1 is 1.38 bits per heavy atom. The predicted molar refractivity (Wildman–Crippen MR) is 83.1 cm³/mol. The summed E-state index contributed by atoms with van der Waals surface area (Å²) in [7, 11) is 1.71. The second kappa shape index (κ2) is 6.85. The van der Waals surface area contributed by atoms with Crippen molar-refractivity contribution in [1.82, 2.24) is 9.80 Å². The number of carbonyl (C=O) groups is 2. The summed E-state index contributed by atoms with van der Waals surface area (Å²) < 4.78 is 0. The third-order valence-corrected chi connectivity index (χ3v) is 4.99. The monoisotopic (exact) mass is 308 g/mol. The fourth-order valence-corrected chi connectivity index (χ4v) is 3.79. The van der Waals surface area contributed by atoms with Gasteiger partial charge in [0.25, 0.3) is 0 Å². The van der Waals surface area contributed by atoms with Crippen LogP contribution < -0.4 is 0 Å². The van der Waals surface area contributed by atoms with Gasteiger partial charge in [0.1, 0.15) is 6.04 Å². The van der Waals surface area contributed by atoms with Crippen LogP contribution in [0.25, 0.3) is 0 Å². The van der Waals surface area contributed by atoms with E-state index in [-0.39, 0.29) is 11.4 Å². The van der Waals surface area contributed by atoms with Crippen molar-refractivity contribution in [3.63, 3.8) is 0 Å². The van der Waals surface area contributed by atoms with Crippen molar-refractivity contribution >= 4 is 23.8 Å². The smallest absolute Gasteiger partial charge is 0.327 e. The zero-order valence-electron chi connectivity index (χ0n) is 12.2. The van der Waals surface area contributed by atoms with E-state index in [0.29, 0.717) is 12.3 Å². The predicted octanol–water partition coefficient (Wildman–Crippen LogP) is 2.48. The Labute approximate surface area is 128 Å². The molecule has 1 aliphatic rings. The Hall–Kier alpha value is -1.69. The van der Waals surface area contributed by atoms with Crippen LogP contribution >= 0.6 is 11.8 Å². The maximum absolute atomic E-state index is 12.6. The number of carbonyl (C=O) groups excluding carboxylic acids is 1. The van der Waals surface area contributed by atoms with Gasteiger partial charge in [0, 0.05) is 19.3 Å². The van der Waals surface area contributed by atoms with E-state index in [2.05, 4.69) is 0 Å². The van der Waals surface area contributed by atoms with Crippen molar-refractivity contribution in [2.45, 2.75) is 31.3 Å². The molecule has 0 spiro atoms. The van der Waals surface area contributed by atoms with Crippen LogP contribution in [0.2, 0.25) is 0 Å². The van der Waals surface area contributed by atoms with E-state index in [0.717, 1.165) is 12.0 Å². The Bertz CT molecular complexity index is 509. The first-order valence-electron chi connectivity index (χ1n) is 6.96. The Morgan fingerprint density at radius 2 is 2.05 bits per heavy atom. The number of urea groups is 1. The molecule has 21 heavy (non-hydrogen) atoms. The van der Waals surface area contributed by atoms with Gasteiger partial charge >= 0.3 is 12.0 Å². The molecule has 1 aromatic rings. The molecule has 2 atom stereocenters. The third kappa shape index (κ3) is 3.50. The normalized spacial score (nSPS) is 21.3. The average Bonchev–Trinajstić information content (AvgIpc) is 2.91. The largest absolute Gasteiger partial charge is 0.480 e. The number of carboxylic acids is 1. The lowest BCUT2D eigenvalue weighted by molar-refractivity contribution is -0.141. The molecule has 2 amide bonds. The van der Waals surface area contributed by atoms with Crippen LogP contribution in [-0.4, -0.2) is 51.1 Å². The molecule has 6 heteroatoms. The quantitative estimate of drug-likeness (QED) is 0.928. The first-order chi connectivity index (χ1) is 10.0. The number of benzene rings is 1. The van der Waals surface area contributed by atoms with E-state index < -0.39 is 12.0 Å². The second-order valence-electron chi connectivity index (χ2n) is 5.08. The molecule has 1 saturated heterocycles. The summed E-state index contributed by atoms with van der Waals surface area (Å²) in [5.74, 6) is -0.474. The van der Waals surface area contributed by atoms with Crippen molar-refractivity contribution in [3.8, 4) is 0 Å². The van der Waals surface area contributed by atoms with E-state index in [4.69, 9.17) is 0 Å². The van der Waals surface area contributed by atoms with Gasteiger partial charge in [0.15, 0.2) is 0 Å². The van der Waals surface area contributed by atoms with E-state index in [1.54, 1.807) is 11.9 Å². The minimum atomic E-state index is -0.931. The third-order valence-electron chi connectivity index (χ3n) is 3.54. The number of hydrogen-bond donors (Lipinski definition) is 1. The summed E-state index contributed by atoms with van der Waals surface area (Å²) in [5.41, 5.74) is 1.03. The highest BCUT2D eigenvalue weighted by Crippen LogP contribution is 2.32. The fourth-order valence-electron chi connectivity index (χ4n) is 2.45. The summed E-state index contributed by atoms with van der Waals surface area (Å²) >= 11 is 1.54. The first kappa shape index (κ1) is 15.7. The topological polar surface area (TPSA) is 60.9 Å². The lowest BCUT2D eigenvalue weighted by atomic mass is 10.2. The SMILES string of the molecule is CCC1SCC(C(=O)O)N1C(=O)N(C)Cc1ccccc1. The molecule has 0 aromatic heterocycles. The van der Waals surface area contributed by atoms with Gasteiger partial charge in [-0.15, -0.1) is 11.8 Å². The van der Waals surface area contributed by atoms with Crippen molar-refractivity contribution in [3.05, 3.63) is 35.9 Å². The molecule has 0 aliphatic carbocycles. The lowest BCUT2D eigenvalue weighted by Gasteiger charge is -2.31. The van der Waals surface area contributed by atoms with Crippen LogP contribution in [0.3, 0.4) is 0 Å². The molecule has 1 N–H and O–H groups in total. The second-order valence-corrected chi connectivity index (χ2v) is 6.29. The molecule has 114 valence electrons. The van der Waals surface area contributed by atoms with Crippen LogP contribution in [0.5, 0.6) is 0 Å². The summed E-state index contributed by atoms with van der Waals surface area (Å²) in [6, 6.07) is 8.73. The number of hydrogen-bond acceptors (Lipinski definition) is 3. The molecule has 5 nitrogen and oxygen atoms in total. The molecule has 2 rings (SSSR count). The highest BCUT2D eigenvalue weighted by molar-refractivity contribution is 8.00. The van der Waals surface area contributed by atoms with Crippen LogP contribution in [0.4, 0.5) is 4.79 Å². The number of carboxylic acid groups (broad SMARTS) is 1. The Morgan fingerprint density at radius 3 is 2.62 bits per heavy atom. The number of amides is 2. The molecular formula is C15H20N2O3S. The Balaban J connectivity index is 2.10. The summed E-state index contributed by atoms with van der Waals surface area (Å²) in [5, 5.41) is 9.23. The minimum absolute atomic E-state index is 0.0585. The summed E-state index contributed by atoms with van der Waals surface area (Å²) in [6.07, 6.45) is 0.749. The molecule has 1 heterocycles. The van der Waals surface area contributed by atoms with E-state index in [9.17, 15) is 14.7 Å². The standard InChI is InChI=1S/C15H20N2O3S/c1-3-13-17(12(10-21-13)14(18)19)15(20)16(2)9-11-7-5-4-6-8-11/h4-8,12-13H,3,9-10H2,1-2H3,(H,18,19). The van der Waals surface area contributed by atoms with Crippen LogP contribution in [0.15, 0.2) is 30.3 Å². The highest BCUT2D eigenvalue weighted by atomic mass is 32.2. The minimum Gasteiger partial charge on any atom is -0.480 e. The van der Waals surface area contributed by atoms with Gasteiger partial charge in [-0.2, -0.15) is 0 Å². The van der Waals surface area contributed by atoms with Crippen molar-refractivity contribution < 1.29 is 14.7 Å². The molecule has 2 unspecified atom stereocenters. The molecule has 1 fully saturated rings. The maximum atomic E-state index is 12.6. The van der Waals surface area contributed by atoms with Gasteiger partial charge in [-0.05, 0) is 12.0 Å². The fraction of sp³-hybridized carbons (Fsp3) is 0.467. The number of rotatable bonds is 4. The van der Waals surface area contributed by atoms with Gasteiger partial charge in [-0.25, -0.2) is 9.59 Å². The van der Waals surface area contributed by atoms with Gasteiger partial charge in [0.05, 0.1) is 5.37 Å². The first-order valence-corrected chi connectivity index (χ1v) is 8.01. The van der Waals surface area contributed by atoms with Gasteiger partial charge in [-0.1, -0.05) is 37.3 Å². The molecule has 0 saturated carbocycles. The van der Waals surface area contributed by atoms with E-state index >= 15 is 0 Å².